The molecular weight excluding hydrogens is 368 g/mol. The Bertz CT molecular complexity index is 607. The van der Waals surface area contributed by atoms with Crippen molar-refractivity contribution in [2.24, 2.45) is 0 Å². The highest BCUT2D eigenvalue weighted by molar-refractivity contribution is 14.1. The van der Waals surface area contributed by atoms with Crippen molar-refractivity contribution < 1.29 is 4.92 Å². The number of aromatic nitrogens is 1. The summed E-state index contributed by atoms with van der Waals surface area (Å²) in [4.78, 5) is 14.2. The van der Waals surface area contributed by atoms with E-state index in [1.54, 1.807) is 0 Å². The van der Waals surface area contributed by atoms with Crippen molar-refractivity contribution in [3.8, 4) is 0 Å². The first kappa shape index (κ1) is 13.0. The van der Waals surface area contributed by atoms with Crippen molar-refractivity contribution in [2.45, 2.75) is 0 Å². The average molecular weight is 376 g/mol. The summed E-state index contributed by atoms with van der Waals surface area (Å²) in [6, 6.07) is 10.1. The maximum absolute atomic E-state index is 10.7. The SMILES string of the molecule is O=[N+]([O-])c1cc(Cl)nc(Nc2ccccc2I)c1. The Labute approximate surface area is 121 Å². The van der Waals surface area contributed by atoms with Crippen molar-refractivity contribution in [1.82, 2.24) is 4.98 Å². The molecule has 1 N–H and O–H groups in total. The third-order valence-electron chi connectivity index (χ3n) is 2.13. The van der Waals surface area contributed by atoms with Crippen LogP contribution in [0.5, 0.6) is 0 Å². The van der Waals surface area contributed by atoms with Crippen molar-refractivity contribution in [1.29, 1.82) is 0 Å². The maximum atomic E-state index is 10.7. The molecule has 18 heavy (non-hydrogen) atoms. The number of halogens is 2. The smallest absolute Gasteiger partial charge is 0.276 e. The largest absolute Gasteiger partial charge is 0.339 e. The van der Waals surface area contributed by atoms with Crippen LogP contribution in [0.2, 0.25) is 5.15 Å². The second-order valence-electron chi connectivity index (χ2n) is 3.40. The summed E-state index contributed by atoms with van der Waals surface area (Å²) < 4.78 is 0.986. The first-order valence-corrected chi connectivity index (χ1v) is 6.35. The molecule has 0 atom stereocenters. The Morgan fingerprint density at radius 1 is 1.33 bits per heavy atom. The van der Waals surface area contributed by atoms with Crippen molar-refractivity contribution in [2.75, 3.05) is 5.32 Å². The number of benzene rings is 1. The third kappa shape index (κ3) is 3.08. The van der Waals surface area contributed by atoms with Gasteiger partial charge in [0.2, 0.25) is 0 Å². The minimum Gasteiger partial charge on any atom is -0.339 e. The number of anilines is 2. The lowest BCUT2D eigenvalue weighted by Crippen LogP contribution is -1.97. The van der Waals surface area contributed by atoms with Gasteiger partial charge in [0.05, 0.1) is 22.7 Å². The molecule has 0 amide bonds. The van der Waals surface area contributed by atoms with E-state index in [0.717, 1.165) is 9.26 Å². The predicted molar refractivity (Wildman–Crippen MR) is 78.3 cm³/mol. The number of nitro groups is 1. The zero-order valence-electron chi connectivity index (χ0n) is 8.93. The molecule has 2 rings (SSSR count). The minimum atomic E-state index is -0.505. The van der Waals surface area contributed by atoms with Crippen LogP contribution < -0.4 is 5.32 Å². The van der Waals surface area contributed by atoms with Gasteiger partial charge >= 0.3 is 0 Å². The Hall–Kier alpha value is -1.41. The monoisotopic (exact) mass is 375 g/mol. The van der Waals surface area contributed by atoms with Crippen LogP contribution >= 0.6 is 34.2 Å². The summed E-state index contributed by atoms with van der Waals surface area (Å²) in [5.41, 5.74) is 0.727. The van der Waals surface area contributed by atoms with Crippen LogP contribution in [0, 0.1) is 13.7 Å². The zero-order chi connectivity index (χ0) is 13.1. The normalized spacial score (nSPS) is 10.1. The van der Waals surface area contributed by atoms with Crippen molar-refractivity contribution in [3.05, 3.63) is 55.2 Å². The van der Waals surface area contributed by atoms with Gasteiger partial charge in [0.1, 0.15) is 11.0 Å². The molecule has 0 unspecified atom stereocenters. The van der Waals surface area contributed by atoms with Crippen molar-refractivity contribution in [3.63, 3.8) is 0 Å². The fourth-order valence-corrected chi connectivity index (χ4v) is 2.08. The molecule has 1 aromatic heterocycles. The fraction of sp³-hybridized carbons (Fsp3) is 0. The molecule has 0 radical (unpaired) electrons. The lowest BCUT2D eigenvalue weighted by molar-refractivity contribution is -0.384. The van der Waals surface area contributed by atoms with Crippen LogP contribution in [0.25, 0.3) is 0 Å². The molecule has 1 aromatic carbocycles. The second kappa shape index (κ2) is 5.49. The maximum Gasteiger partial charge on any atom is 0.276 e. The number of pyridine rings is 1. The lowest BCUT2D eigenvalue weighted by atomic mass is 10.3. The van der Waals surface area contributed by atoms with E-state index in [0.29, 0.717) is 5.82 Å². The molecule has 2 aromatic rings. The molecule has 92 valence electrons. The molecule has 0 aliphatic heterocycles. The summed E-state index contributed by atoms with van der Waals surface area (Å²) >= 11 is 7.90. The molecule has 7 heteroatoms. The first-order chi connectivity index (χ1) is 8.56. The molecule has 1 heterocycles. The van der Waals surface area contributed by atoms with Gasteiger partial charge in [-0.25, -0.2) is 4.98 Å². The van der Waals surface area contributed by atoms with E-state index < -0.39 is 4.92 Å². The highest BCUT2D eigenvalue weighted by Gasteiger charge is 2.10. The summed E-state index contributed by atoms with van der Waals surface area (Å²) in [7, 11) is 0. The number of nitrogens with zero attached hydrogens (tertiary/aromatic N) is 2. The van der Waals surface area contributed by atoms with Crippen LogP contribution in [0.3, 0.4) is 0 Å². The number of hydrogen-bond donors (Lipinski definition) is 1. The third-order valence-corrected chi connectivity index (χ3v) is 3.26. The van der Waals surface area contributed by atoms with Gasteiger partial charge in [-0.15, -0.1) is 0 Å². The highest BCUT2D eigenvalue weighted by Crippen LogP contribution is 2.25. The number of hydrogen-bond acceptors (Lipinski definition) is 4. The average Bonchev–Trinajstić information content (AvgIpc) is 2.31. The van der Waals surface area contributed by atoms with Crippen LogP contribution in [0.4, 0.5) is 17.2 Å². The zero-order valence-corrected chi connectivity index (χ0v) is 11.8. The lowest BCUT2D eigenvalue weighted by Gasteiger charge is -2.07. The van der Waals surface area contributed by atoms with Crippen LogP contribution in [0.15, 0.2) is 36.4 Å². The van der Waals surface area contributed by atoms with E-state index in [9.17, 15) is 10.1 Å². The van der Waals surface area contributed by atoms with Gasteiger partial charge in [0.25, 0.3) is 5.69 Å². The van der Waals surface area contributed by atoms with Gasteiger partial charge in [-0.3, -0.25) is 10.1 Å². The van der Waals surface area contributed by atoms with E-state index >= 15 is 0 Å². The minimum absolute atomic E-state index is 0.0811. The van der Waals surface area contributed by atoms with E-state index in [-0.39, 0.29) is 10.8 Å². The topological polar surface area (TPSA) is 68.1 Å². The Kier molecular flexibility index (Phi) is 3.97. The van der Waals surface area contributed by atoms with Gasteiger partial charge in [-0.05, 0) is 34.7 Å². The van der Waals surface area contributed by atoms with E-state index in [1.807, 2.05) is 24.3 Å². The molecule has 0 aliphatic carbocycles. The van der Waals surface area contributed by atoms with E-state index in [4.69, 9.17) is 11.6 Å². The summed E-state index contributed by atoms with van der Waals surface area (Å²) in [6.07, 6.45) is 0. The number of rotatable bonds is 3. The first-order valence-electron chi connectivity index (χ1n) is 4.90. The van der Waals surface area contributed by atoms with Crippen LogP contribution in [0.1, 0.15) is 0 Å². The Morgan fingerprint density at radius 3 is 2.72 bits per heavy atom. The summed E-state index contributed by atoms with van der Waals surface area (Å²) in [5, 5.41) is 13.8. The van der Waals surface area contributed by atoms with Gasteiger partial charge < -0.3 is 5.32 Å². The number of nitrogens with one attached hydrogen (secondary N) is 1. The molecule has 0 saturated heterocycles. The van der Waals surface area contributed by atoms with Gasteiger partial charge in [0, 0.05) is 3.57 Å². The molecule has 0 fully saturated rings. The molecule has 0 aliphatic rings. The molecule has 5 nitrogen and oxygen atoms in total. The fourth-order valence-electron chi connectivity index (χ4n) is 1.35. The molecule has 0 saturated carbocycles. The van der Waals surface area contributed by atoms with E-state index in [2.05, 4.69) is 32.9 Å². The predicted octanol–water partition coefficient (Wildman–Crippen LogP) is 3.99. The molecular formula is C11H7ClIN3O2. The second-order valence-corrected chi connectivity index (χ2v) is 4.94. The van der Waals surface area contributed by atoms with Crippen molar-refractivity contribution >= 4 is 51.4 Å². The van der Waals surface area contributed by atoms with Gasteiger partial charge in [0.15, 0.2) is 0 Å². The number of para-hydroxylation sites is 1. The summed E-state index contributed by atoms with van der Waals surface area (Å²) in [6.45, 7) is 0. The highest BCUT2D eigenvalue weighted by atomic mass is 127. The molecule has 0 spiro atoms. The quantitative estimate of drug-likeness (QED) is 0.381. The van der Waals surface area contributed by atoms with Gasteiger partial charge in [-0.2, -0.15) is 0 Å². The standard InChI is InChI=1S/C11H7ClIN3O2/c12-10-5-7(16(17)18)6-11(15-10)14-9-4-2-1-3-8(9)13/h1-6H,(H,14,15). The Balaban J connectivity index is 2.35. The summed E-state index contributed by atoms with van der Waals surface area (Å²) in [5.74, 6) is 0.346. The van der Waals surface area contributed by atoms with Crippen LogP contribution in [-0.4, -0.2) is 9.91 Å². The van der Waals surface area contributed by atoms with Gasteiger partial charge in [-0.1, -0.05) is 23.7 Å². The molecule has 0 bridgehead atoms. The van der Waals surface area contributed by atoms with Crippen LogP contribution in [-0.2, 0) is 0 Å². The Morgan fingerprint density at radius 2 is 2.06 bits per heavy atom. The van der Waals surface area contributed by atoms with E-state index in [1.165, 1.54) is 12.1 Å².